The Kier molecular flexibility index (Phi) is 5.09. The lowest BCUT2D eigenvalue weighted by molar-refractivity contribution is 0.920. The molecule has 1 nitrogen and oxygen atoms in total. The quantitative estimate of drug-likeness (QED) is 0.644. The van der Waals surface area contributed by atoms with Crippen molar-refractivity contribution in [2.24, 2.45) is 4.99 Å². The summed E-state index contributed by atoms with van der Waals surface area (Å²) in [6.07, 6.45) is 4.60. The number of aryl methyl sites for hydroxylation is 1. The van der Waals surface area contributed by atoms with Crippen LogP contribution in [0.25, 0.3) is 0 Å². The Balaban J connectivity index is 2.88. The summed E-state index contributed by atoms with van der Waals surface area (Å²) in [5, 5.41) is 0. The normalized spacial score (nSPS) is 11.8. The van der Waals surface area contributed by atoms with Crippen molar-refractivity contribution >= 4 is 5.71 Å². The second kappa shape index (κ2) is 6.39. The zero-order valence-electron chi connectivity index (χ0n) is 10.1. The number of benzene rings is 1. The van der Waals surface area contributed by atoms with E-state index in [4.69, 9.17) is 0 Å². The summed E-state index contributed by atoms with van der Waals surface area (Å²) in [5.74, 6) is 0. The molecule has 0 aliphatic heterocycles. The maximum atomic E-state index is 4.37. The molecule has 15 heavy (non-hydrogen) atoms. The Morgan fingerprint density at radius 2 is 2.00 bits per heavy atom. The van der Waals surface area contributed by atoms with Gasteiger partial charge in [-0.15, -0.1) is 0 Å². The van der Waals surface area contributed by atoms with E-state index in [-0.39, 0.29) is 0 Å². The Labute approximate surface area is 93.2 Å². The first kappa shape index (κ1) is 12.0. The number of aliphatic imine (C=N–C) groups is 1. The van der Waals surface area contributed by atoms with E-state index in [9.17, 15) is 0 Å². The fourth-order valence-corrected chi connectivity index (χ4v) is 1.82. The van der Waals surface area contributed by atoms with Gasteiger partial charge in [-0.3, -0.25) is 4.99 Å². The number of nitrogens with zero attached hydrogens (tertiary/aromatic N) is 1. The van der Waals surface area contributed by atoms with E-state index < -0.39 is 0 Å². The largest absolute Gasteiger partial charge is 0.292 e. The molecule has 0 bridgehead atoms. The Bertz CT molecular complexity index is 326. The lowest BCUT2D eigenvalue weighted by Gasteiger charge is -2.06. The molecule has 1 rings (SSSR count). The lowest BCUT2D eigenvalue weighted by Crippen LogP contribution is -2.01. The minimum atomic E-state index is 1.08. The molecule has 0 aromatic heterocycles. The topological polar surface area (TPSA) is 12.4 Å². The number of rotatable bonds is 5. The van der Waals surface area contributed by atoms with Gasteiger partial charge in [0.2, 0.25) is 0 Å². The first-order valence-electron chi connectivity index (χ1n) is 5.86. The first-order valence-corrected chi connectivity index (χ1v) is 5.86. The van der Waals surface area contributed by atoms with Crippen molar-refractivity contribution in [1.29, 1.82) is 0 Å². The highest BCUT2D eigenvalue weighted by atomic mass is 14.7. The minimum absolute atomic E-state index is 1.08. The molecule has 0 amide bonds. The SMILES string of the molecule is CCC/C(=N\C)c1cccc(CCC)c1. The maximum Gasteiger partial charge on any atom is 0.0417 e. The van der Waals surface area contributed by atoms with Gasteiger partial charge in [-0.05, 0) is 30.0 Å². The van der Waals surface area contributed by atoms with Crippen molar-refractivity contribution in [2.75, 3.05) is 7.05 Å². The number of hydrogen-bond acceptors (Lipinski definition) is 1. The molecule has 1 heteroatoms. The average molecular weight is 203 g/mol. The standard InChI is InChI=1S/C14H21N/c1-4-7-12-9-6-10-13(11-12)14(15-3)8-5-2/h6,9-11H,4-5,7-8H2,1-3H3/b15-14+. The Morgan fingerprint density at radius 3 is 2.60 bits per heavy atom. The molecule has 1 aromatic rings. The maximum absolute atomic E-state index is 4.37. The molecule has 82 valence electrons. The van der Waals surface area contributed by atoms with Gasteiger partial charge in [0.1, 0.15) is 0 Å². The van der Waals surface area contributed by atoms with Crippen LogP contribution in [0.2, 0.25) is 0 Å². The summed E-state index contributed by atoms with van der Waals surface area (Å²) < 4.78 is 0. The molecule has 0 atom stereocenters. The Morgan fingerprint density at radius 1 is 1.20 bits per heavy atom. The second-order valence-corrected chi connectivity index (χ2v) is 3.87. The highest BCUT2D eigenvalue weighted by molar-refractivity contribution is 6.00. The smallest absolute Gasteiger partial charge is 0.0417 e. The van der Waals surface area contributed by atoms with E-state index in [0.717, 1.165) is 19.3 Å². The van der Waals surface area contributed by atoms with E-state index in [1.54, 1.807) is 0 Å². The third-order valence-electron chi connectivity index (χ3n) is 2.56. The molecule has 0 aliphatic rings. The van der Waals surface area contributed by atoms with E-state index >= 15 is 0 Å². The summed E-state index contributed by atoms with van der Waals surface area (Å²) >= 11 is 0. The molecule has 0 spiro atoms. The first-order chi connectivity index (χ1) is 7.31. The highest BCUT2D eigenvalue weighted by Gasteiger charge is 2.02. The zero-order valence-corrected chi connectivity index (χ0v) is 10.1. The monoisotopic (exact) mass is 203 g/mol. The third kappa shape index (κ3) is 3.50. The summed E-state index contributed by atoms with van der Waals surface area (Å²) in [7, 11) is 1.89. The van der Waals surface area contributed by atoms with Crippen LogP contribution in [0, 0.1) is 0 Å². The molecular formula is C14H21N. The van der Waals surface area contributed by atoms with Crippen LogP contribution >= 0.6 is 0 Å². The van der Waals surface area contributed by atoms with Crippen molar-refractivity contribution in [1.82, 2.24) is 0 Å². The second-order valence-electron chi connectivity index (χ2n) is 3.87. The van der Waals surface area contributed by atoms with Gasteiger partial charge in [0, 0.05) is 12.8 Å². The van der Waals surface area contributed by atoms with Crippen molar-refractivity contribution in [3.05, 3.63) is 35.4 Å². The van der Waals surface area contributed by atoms with Crippen LogP contribution in [0.4, 0.5) is 0 Å². The molecule has 0 heterocycles. The van der Waals surface area contributed by atoms with E-state index in [2.05, 4.69) is 43.1 Å². The third-order valence-corrected chi connectivity index (χ3v) is 2.56. The minimum Gasteiger partial charge on any atom is -0.292 e. The molecule has 0 aliphatic carbocycles. The average Bonchev–Trinajstić information content (AvgIpc) is 2.27. The van der Waals surface area contributed by atoms with Crippen LogP contribution in [-0.4, -0.2) is 12.8 Å². The molecule has 0 N–H and O–H groups in total. The van der Waals surface area contributed by atoms with Crippen LogP contribution in [0.15, 0.2) is 29.3 Å². The summed E-state index contributed by atoms with van der Waals surface area (Å²) in [4.78, 5) is 4.37. The van der Waals surface area contributed by atoms with Gasteiger partial charge in [-0.25, -0.2) is 0 Å². The van der Waals surface area contributed by atoms with Gasteiger partial charge in [-0.2, -0.15) is 0 Å². The predicted molar refractivity (Wildman–Crippen MR) is 67.8 cm³/mol. The van der Waals surface area contributed by atoms with Gasteiger partial charge in [0.25, 0.3) is 0 Å². The molecule has 0 fully saturated rings. The van der Waals surface area contributed by atoms with E-state index in [1.807, 2.05) is 7.05 Å². The zero-order chi connectivity index (χ0) is 11.1. The number of hydrogen-bond donors (Lipinski definition) is 0. The van der Waals surface area contributed by atoms with Crippen molar-refractivity contribution in [3.8, 4) is 0 Å². The van der Waals surface area contributed by atoms with Gasteiger partial charge >= 0.3 is 0 Å². The van der Waals surface area contributed by atoms with Crippen LogP contribution in [-0.2, 0) is 6.42 Å². The summed E-state index contributed by atoms with van der Waals surface area (Å²) in [5.41, 5.74) is 3.95. The fraction of sp³-hybridized carbons (Fsp3) is 0.500. The molecule has 1 aromatic carbocycles. The van der Waals surface area contributed by atoms with Gasteiger partial charge < -0.3 is 0 Å². The van der Waals surface area contributed by atoms with Crippen molar-refractivity contribution in [2.45, 2.75) is 39.5 Å². The van der Waals surface area contributed by atoms with Gasteiger partial charge in [0.15, 0.2) is 0 Å². The van der Waals surface area contributed by atoms with Crippen LogP contribution in [0.3, 0.4) is 0 Å². The molecule has 0 saturated heterocycles. The van der Waals surface area contributed by atoms with Gasteiger partial charge in [-0.1, -0.05) is 44.9 Å². The molecule has 0 saturated carbocycles. The van der Waals surface area contributed by atoms with Crippen molar-refractivity contribution in [3.63, 3.8) is 0 Å². The van der Waals surface area contributed by atoms with Crippen molar-refractivity contribution < 1.29 is 0 Å². The molecule has 0 unspecified atom stereocenters. The van der Waals surface area contributed by atoms with Crippen LogP contribution in [0.1, 0.15) is 44.2 Å². The fourth-order valence-electron chi connectivity index (χ4n) is 1.82. The molecular weight excluding hydrogens is 182 g/mol. The lowest BCUT2D eigenvalue weighted by atomic mass is 10.0. The van der Waals surface area contributed by atoms with Gasteiger partial charge in [0.05, 0.1) is 0 Å². The highest BCUT2D eigenvalue weighted by Crippen LogP contribution is 2.11. The Hall–Kier alpha value is -1.11. The molecule has 0 radical (unpaired) electrons. The predicted octanol–water partition coefficient (Wildman–Crippen LogP) is 3.86. The van der Waals surface area contributed by atoms with E-state index in [1.165, 1.54) is 23.3 Å². The summed E-state index contributed by atoms with van der Waals surface area (Å²) in [6.45, 7) is 4.41. The van der Waals surface area contributed by atoms with E-state index in [0.29, 0.717) is 0 Å². The van der Waals surface area contributed by atoms with Crippen LogP contribution in [0.5, 0.6) is 0 Å². The van der Waals surface area contributed by atoms with Crippen LogP contribution < -0.4 is 0 Å². The summed E-state index contributed by atoms with van der Waals surface area (Å²) in [6, 6.07) is 8.78.